The van der Waals surface area contributed by atoms with Gasteiger partial charge >= 0.3 is 0 Å². The molecule has 5 nitrogen and oxygen atoms in total. The standard InChI is InChI=1S/C20H20ClN3O2S/c1-14(16-7-3-2-4-8-16)10-19-23-24-20(26-19)27-13-18(25)22-12-15-6-5-9-17(21)11-15/h2-9,11,14H,10,12-13H2,1H3,(H,22,25). The predicted octanol–water partition coefficient (Wildman–Crippen LogP) is 4.48. The van der Waals surface area contributed by atoms with E-state index in [2.05, 4.69) is 34.6 Å². The fourth-order valence-corrected chi connectivity index (χ4v) is 3.39. The molecule has 2 aromatic carbocycles. The van der Waals surface area contributed by atoms with Crippen molar-refractivity contribution in [2.45, 2.75) is 31.0 Å². The molecular weight excluding hydrogens is 382 g/mol. The predicted molar refractivity (Wildman–Crippen MR) is 107 cm³/mol. The van der Waals surface area contributed by atoms with Crippen LogP contribution in [-0.2, 0) is 17.8 Å². The molecular formula is C20H20ClN3O2S. The van der Waals surface area contributed by atoms with Gasteiger partial charge in [0.05, 0.1) is 5.75 Å². The van der Waals surface area contributed by atoms with E-state index in [1.807, 2.05) is 36.4 Å². The molecule has 1 heterocycles. The van der Waals surface area contributed by atoms with Crippen LogP contribution in [0.5, 0.6) is 0 Å². The Morgan fingerprint density at radius 2 is 2.00 bits per heavy atom. The number of nitrogens with one attached hydrogen (secondary N) is 1. The van der Waals surface area contributed by atoms with Gasteiger partial charge in [0.2, 0.25) is 11.8 Å². The van der Waals surface area contributed by atoms with Crippen LogP contribution in [0.1, 0.15) is 29.9 Å². The highest BCUT2D eigenvalue weighted by molar-refractivity contribution is 7.99. The van der Waals surface area contributed by atoms with Crippen molar-refractivity contribution in [3.63, 3.8) is 0 Å². The van der Waals surface area contributed by atoms with Crippen LogP contribution < -0.4 is 5.32 Å². The zero-order valence-corrected chi connectivity index (χ0v) is 16.5. The molecule has 7 heteroatoms. The largest absolute Gasteiger partial charge is 0.416 e. The Kier molecular flexibility index (Phi) is 6.90. The van der Waals surface area contributed by atoms with Crippen molar-refractivity contribution in [2.24, 2.45) is 0 Å². The second-order valence-electron chi connectivity index (χ2n) is 6.17. The lowest BCUT2D eigenvalue weighted by atomic mass is 9.98. The van der Waals surface area contributed by atoms with E-state index >= 15 is 0 Å². The minimum absolute atomic E-state index is 0.0996. The minimum atomic E-state index is -0.0996. The average molecular weight is 402 g/mol. The summed E-state index contributed by atoms with van der Waals surface area (Å²) in [5.74, 6) is 0.979. The third kappa shape index (κ3) is 6.12. The molecule has 27 heavy (non-hydrogen) atoms. The lowest BCUT2D eigenvalue weighted by molar-refractivity contribution is -0.118. The molecule has 0 saturated carbocycles. The molecule has 0 spiro atoms. The van der Waals surface area contributed by atoms with E-state index in [9.17, 15) is 4.79 Å². The molecule has 0 aliphatic rings. The third-order valence-corrected chi connectivity index (χ3v) is 5.06. The molecule has 0 bridgehead atoms. The van der Waals surface area contributed by atoms with Crippen LogP contribution in [0.3, 0.4) is 0 Å². The van der Waals surface area contributed by atoms with Gasteiger partial charge < -0.3 is 9.73 Å². The van der Waals surface area contributed by atoms with Crippen LogP contribution >= 0.6 is 23.4 Å². The van der Waals surface area contributed by atoms with Gasteiger partial charge in [-0.05, 0) is 29.2 Å². The summed E-state index contributed by atoms with van der Waals surface area (Å²) in [6.07, 6.45) is 0.665. The van der Waals surface area contributed by atoms with Gasteiger partial charge in [0.25, 0.3) is 5.22 Å². The summed E-state index contributed by atoms with van der Waals surface area (Å²) >= 11 is 7.17. The van der Waals surface area contributed by atoms with Gasteiger partial charge in [0, 0.05) is 18.0 Å². The number of carbonyl (C=O) groups is 1. The van der Waals surface area contributed by atoms with E-state index in [4.69, 9.17) is 16.0 Å². The van der Waals surface area contributed by atoms with Crippen LogP contribution in [0.2, 0.25) is 5.02 Å². The van der Waals surface area contributed by atoms with Crippen molar-refractivity contribution in [3.05, 3.63) is 76.6 Å². The first-order chi connectivity index (χ1) is 13.1. The average Bonchev–Trinajstić information content (AvgIpc) is 3.13. The summed E-state index contributed by atoms with van der Waals surface area (Å²) in [6, 6.07) is 17.6. The lowest BCUT2D eigenvalue weighted by Crippen LogP contribution is -2.24. The molecule has 1 amide bonds. The maximum Gasteiger partial charge on any atom is 0.277 e. The quantitative estimate of drug-likeness (QED) is 0.563. The van der Waals surface area contributed by atoms with Gasteiger partial charge in [-0.1, -0.05) is 72.8 Å². The van der Waals surface area contributed by atoms with Crippen molar-refractivity contribution < 1.29 is 9.21 Å². The number of halogens is 1. The molecule has 1 N–H and O–H groups in total. The molecule has 1 aromatic heterocycles. The van der Waals surface area contributed by atoms with Gasteiger partial charge in [-0.2, -0.15) is 0 Å². The van der Waals surface area contributed by atoms with E-state index in [0.717, 1.165) is 5.56 Å². The van der Waals surface area contributed by atoms with E-state index in [1.54, 1.807) is 6.07 Å². The van der Waals surface area contributed by atoms with Crippen LogP contribution in [-0.4, -0.2) is 21.9 Å². The van der Waals surface area contributed by atoms with Crippen molar-refractivity contribution >= 4 is 29.3 Å². The van der Waals surface area contributed by atoms with Gasteiger partial charge in [-0.15, -0.1) is 10.2 Å². The second-order valence-corrected chi connectivity index (χ2v) is 7.54. The Balaban J connectivity index is 1.44. The lowest BCUT2D eigenvalue weighted by Gasteiger charge is -2.08. The highest BCUT2D eigenvalue weighted by Gasteiger charge is 2.13. The number of aromatic nitrogens is 2. The number of hydrogen-bond acceptors (Lipinski definition) is 5. The maximum absolute atomic E-state index is 12.0. The van der Waals surface area contributed by atoms with Crippen LogP contribution in [0.4, 0.5) is 0 Å². The maximum atomic E-state index is 12.0. The van der Waals surface area contributed by atoms with Crippen LogP contribution in [0.15, 0.2) is 64.2 Å². The van der Waals surface area contributed by atoms with Crippen LogP contribution in [0.25, 0.3) is 0 Å². The van der Waals surface area contributed by atoms with Gasteiger partial charge in [0.15, 0.2) is 0 Å². The van der Waals surface area contributed by atoms with Gasteiger partial charge in [0.1, 0.15) is 0 Å². The van der Waals surface area contributed by atoms with Crippen molar-refractivity contribution in [1.82, 2.24) is 15.5 Å². The summed E-state index contributed by atoms with van der Waals surface area (Å²) in [5.41, 5.74) is 2.18. The number of benzene rings is 2. The molecule has 0 aliphatic carbocycles. The first kappa shape index (κ1) is 19.5. The summed E-state index contributed by atoms with van der Waals surface area (Å²) in [4.78, 5) is 12.0. The molecule has 1 atom stereocenters. The molecule has 3 rings (SSSR count). The Morgan fingerprint density at radius 3 is 2.78 bits per heavy atom. The fraction of sp³-hybridized carbons (Fsp3) is 0.250. The fourth-order valence-electron chi connectivity index (χ4n) is 2.57. The van der Waals surface area contributed by atoms with E-state index in [0.29, 0.717) is 29.1 Å². The van der Waals surface area contributed by atoms with Crippen molar-refractivity contribution in [2.75, 3.05) is 5.75 Å². The summed E-state index contributed by atoms with van der Waals surface area (Å²) in [7, 11) is 0. The smallest absolute Gasteiger partial charge is 0.277 e. The Morgan fingerprint density at radius 1 is 1.19 bits per heavy atom. The second kappa shape index (κ2) is 9.58. The Labute approximate surface area is 167 Å². The van der Waals surface area contributed by atoms with Gasteiger partial charge in [-0.25, -0.2) is 0 Å². The topological polar surface area (TPSA) is 68.0 Å². The number of carbonyl (C=O) groups excluding carboxylic acids is 1. The number of hydrogen-bond donors (Lipinski definition) is 1. The molecule has 0 aliphatic heterocycles. The molecule has 140 valence electrons. The molecule has 3 aromatic rings. The first-order valence-corrected chi connectivity index (χ1v) is 9.98. The normalized spacial score (nSPS) is 11.9. The Bertz CT molecular complexity index is 886. The number of amides is 1. The number of nitrogens with zero attached hydrogens (tertiary/aromatic N) is 2. The SMILES string of the molecule is CC(Cc1nnc(SCC(=O)NCc2cccc(Cl)c2)o1)c1ccccc1. The zero-order chi connectivity index (χ0) is 19.1. The minimum Gasteiger partial charge on any atom is -0.416 e. The molecule has 0 radical (unpaired) electrons. The summed E-state index contributed by atoms with van der Waals surface area (Å²) in [6.45, 7) is 2.55. The molecule has 1 unspecified atom stereocenters. The van der Waals surface area contributed by atoms with E-state index in [1.165, 1.54) is 17.3 Å². The highest BCUT2D eigenvalue weighted by atomic mass is 35.5. The van der Waals surface area contributed by atoms with Gasteiger partial charge in [-0.3, -0.25) is 4.79 Å². The molecule has 0 fully saturated rings. The monoisotopic (exact) mass is 401 g/mol. The first-order valence-electron chi connectivity index (χ1n) is 8.61. The van der Waals surface area contributed by atoms with E-state index < -0.39 is 0 Å². The van der Waals surface area contributed by atoms with Crippen molar-refractivity contribution in [3.8, 4) is 0 Å². The number of rotatable bonds is 8. The van der Waals surface area contributed by atoms with Crippen LogP contribution in [0, 0.1) is 0 Å². The number of thioether (sulfide) groups is 1. The summed E-state index contributed by atoms with van der Waals surface area (Å²) in [5, 5.41) is 12.0. The van der Waals surface area contributed by atoms with Crippen molar-refractivity contribution in [1.29, 1.82) is 0 Å². The van der Waals surface area contributed by atoms with E-state index in [-0.39, 0.29) is 17.6 Å². The highest BCUT2D eigenvalue weighted by Crippen LogP contribution is 2.22. The summed E-state index contributed by atoms with van der Waals surface area (Å²) < 4.78 is 5.65. The third-order valence-electron chi connectivity index (χ3n) is 4.00. The zero-order valence-electron chi connectivity index (χ0n) is 14.9. The molecule has 0 saturated heterocycles. The Hall–Kier alpha value is -2.31.